The molecule has 96 heavy (non-hydrogen) atoms. The van der Waals surface area contributed by atoms with Crippen molar-refractivity contribution in [3.8, 4) is 57.9 Å². The zero-order chi connectivity index (χ0) is 67.3. The highest BCUT2D eigenvalue weighted by molar-refractivity contribution is 7.88. The van der Waals surface area contributed by atoms with Crippen molar-refractivity contribution >= 4 is 120 Å². The summed E-state index contributed by atoms with van der Waals surface area (Å²) in [6.07, 6.45) is -2.70. The largest absolute Gasteiger partial charge is 0.489 e. The third-order valence-corrected chi connectivity index (χ3v) is 24.1. The molecule has 0 bridgehead atoms. The number of nitrogens with two attached hydrogens (primary N) is 1. The fourth-order valence-corrected chi connectivity index (χ4v) is 19.3. The Hall–Kier alpha value is -7.55. The molecule has 0 saturated carbocycles. The minimum atomic E-state index is -3.64. The fraction of sp³-hybridized carbons (Fsp3) is 0.438. The lowest BCUT2D eigenvalue weighted by molar-refractivity contribution is 0.0909. The summed E-state index contributed by atoms with van der Waals surface area (Å²) in [5.41, 5.74) is 3.03. The van der Waals surface area contributed by atoms with Crippen molar-refractivity contribution in [2.24, 2.45) is 0 Å². The Morgan fingerprint density at radius 1 is 0.802 bits per heavy atom. The van der Waals surface area contributed by atoms with Gasteiger partial charge in [0.2, 0.25) is 10.0 Å². The van der Waals surface area contributed by atoms with Crippen LogP contribution in [-0.4, -0.2) is 169 Å². The number of benzene rings is 4. The molecule has 5 fully saturated rings. The summed E-state index contributed by atoms with van der Waals surface area (Å²) in [6, 6.07) is 6.69. The van der Waals surface area contributed by atoms with Crippen molar-refractivity contribution in [1.29, 1.82) is 10.5 Å². The molecule has 15 rings (SSSR count). The number of nitrogens with one attached hydrogen (secondary N) is 1. The lowest BCUT2D eigenvalue weighted by atomic mass is 9.95. The van der Waals surface area contributed by atoms with E-state index in [-0.39, 0.29) is 197 Å². The standard InChI is InChI=1S/C64H57Cl2F8N13O6S3/c1-28(2)38-25-91-54-46-52(80-62(82-59(46)86(38)24-39(71)72)92-26-63-11-4-13-83(63)21-29(67)17-63)50(74)44(48(54)66)33-6-8-37(70)56-42(33)35(20-76)60(95-56)78-40-9-12-64(18-30(68)22-87(40)64)27-93-61-79-51-45-53(90-16-15-85(58(45)81-61)31-10-14-84(23-31)96(3,88)89)47(65)43(49(51)73)32-5-7-36(69)55-41(32)34(19-75)57(77)94-55/h5-8,29-31,38-40,78H,1,4,9-18,21-27,77H2,2-3H3/t29-,30-,31?,38+,40?,63+,64+/m1/s1. The topological polar surface area (TPSA) is 224 Å². The molecule has 11 heterocycles. The molecule has 4 aromatic heterocycles. The first-order valence-corrected chi connectivity index (χ1v) is 35.2. The molecule has 8 aromatic rings. The van der Waals surface area contributed by atoms with Gasteiger partial charge in [-0.2, -0.15) is 30.5 Å². The van der Waals surface area contributed by atoms with Crippen LogP contribution >= 0.6 is 45.9 Å². The van der Waals surface area contributed by atoms with Crippen LogP contribution in [0.2, 0.25) is 10.0 Å². The summed E-state index contributed by atoms with van der Waals surface area (Å²) in [4.78, 5) is 25.5. The summed E-state index contributed by atoms with van der Waals surface area (Å²) in [5, 5.41) is 24.1. The second kappa shape index (κ2) is 23.9. The molecule has 5 saturated heterocycles. The number of sulfonamides is 1. The van der Waals surface area contributed by atoms with Gasteiger partial charge in [-0.1, -0.05) is 47.5 Å². The number of hydrogen-bond donors (Lipinski definition) is 2. The summed E-state index contributed by atoms with van der Waals surface area (Å²) in [5.74, 6) is -3.95. The monoisotopic (exact) mass is 1420 g/mol. The number of rotatable bonds is 15. The number of alkyl halides is 4. The van der Waals surface area contributed by atoms with Gasteiger partial charge in [0.05, 0.1) is 84.0 Å². The van der Waals surface area contributed by atoms with Gasteiger partial charge in [0.25, 0.3) is 6.43 Å². The van der Waals surface area contributed by atoms with Crippen LogP contribution in [-0.2, 0) is 10.0 Å². The van der Waals surface area contributed by atoms with Crippen molar-refractivity contribution in [1.82, 2.24) is 34.0 Å². The highest BCUT2D eigenvalue weighted by Crippen LogP contribution is 2.55. The van der Waals surface area contributed by atoms with Crippen LogP contribution in [0.25, 0.3) is 64.2 Å². The van der Waals surface area contributed by atoms with Crippen LogP contribution in [0.15, 0.2) is 36.4 Å². The number of ether oxygens (including phenoxy) is 4. The Balaban J connectivity index is 0.792. The van der Waals surface area contributed by atoms with E-state index in [1.807, 2.05) is 15.9 Å². The normalized spacial score (nSPS) is 24.4. The molecule has 2 unspecified atom stereocenters. The number of nitrogens with zero attached hydrogens (tertiary/aromatic N) is 11. The van der Waals surface area contributed by atoms with Crippen LogP contribution < -0.4 is 39.8 Å². The Kier molecular flexibility index (Phi) is 16.0. The van der Waals surface area contributed by atoms with Crippen LogP contribution in [0.3, 0.4) is 0 Å². The predicted molar refractivity (Wildman–Crippen MR) is 349 cm³/mol. The Labute approximate surface area is 561 Å². The van der Waals surface area contributed by atoms with E-state index in [2.05, 4.69) is 32.9 Å². The summed E-state index contributed by atoms with van der Waals surface area (Å²) < 4.78 is 181. The first-order valence-electron chi connectivity index (χ1n) is 30.9. The number of halogens is 10. The van der Waals surface area contributed by atoms with Gasteiger partial charge < -0.3 is 39.8 Å². The fourth-order valence-electron chi connectivity index (χ4n) is 15.6. The van der Waals surface area contributed by atoms with Crippen LogP contribution in [0.5, 0.6) is 23.5 Å². The maximum absolute atomic E-state index is 18.2. The van der Waals surface area contributed by atoms with Gasteiger partial charge in [0.15, 0.2) is 23.1 Å². The molecule has 19 nitrogen and oxygen atoms in total. The van der Waals surface area contributed by atoms with E-state index in [1.54, 1.807) is 11.8 Å². The lowest BCUT2D eigenvalue weighted by Crippen LogP contribution is -2.48. The van der Waals surface area contributed by atoms with Gasteiger partial charge >= 0.3 is 12.0 Å². The molecule has 502 valence electrons. The molecule has 7 aliphatic heterocycles. The molecule has 7 atom stereocenters. The number of thiophene rings is 2. The van der Waals surface area contributed by atoms with Crippen molar-refractivity contribution in [2.45, 2.75) is 100.0 Å². The zero-order valence-electron chi connectivity index (χ0n) is 51.2. The molecule has 0 amide bonds. The number of nitrogen functional groups attached to an aromatic ring is 1. The van der Waals surface area contributed by atoms with Crippen molar-refractivity contribution < 1.29 is 62.5 Å². The molecule has 32 heteroatoms. The number of anilines is 4. The first kappa shape index (κ1) is 64.4. The van der Waals surface area contributed by atoms with Crippen LogP contribution in [0, 0.1) is 45.9 Å². The van der Waals surface area contributed by atoms with Gasteiger partial charge in [-0.15, -0.1) is 22.7 Å². The average Bonchev–Trinajstić information content (AvgIpc) is 1.19. The molecule has 0 aliphatic carbocycles. The predicted octanol–water partition coefficient (Wildman–Crippen LogP) is 12.5. The highest BCUT2D eigenvalue weighted by atomic mass is 35.5. The maximum Gasteiger partial charge on any atom is 0.319 e. The molecule has 0 spiro atoms. The van der Waals surface area contributed by atoms with Gasteiger partial charge in [0.1, 0.15) is 95.2 Å². The molecular weight excluding hydrogens is 1370 g/mol. The first-order chi connectivity index (χ1) is 45.9. The summed E-state index contributed by atoms with van der Waals surface area (Å²) in [6.45, 7) is 5.04. The van der Waals surface area contributed by atoms with Gasteiger partial charge in [-0.05, 0) is 68.8 Å². The van der Waals surface area contributed by atoms with E-state index in [0.29, 0.717) is 31.4 Å². The molecule has 7 aliphatic rings. The van der Waals surface area contributed by atoms with E-state index in [4.69, 9.17) is 52.9 Å². The van der Waals surface area contributed by atoms with E-state index in [1.165, 1.54) is 21.3 Å². The van der Waals surface area contributed by atoms with Crippen LogP contribution in [0.1, 0.15) is 63.0 Å². The molecule has 4 aromatic carbocycles. The second-order valence-electron chi connectivity index (χ2n) is 25.6. The zero-order valence-corrected chi connectivity index (χ0v) is 55.1. The Bertz CT molecular complexity index is 4850. The van der Waals surface area contributed by atoms with Crippen molar-refractivity contribution in [3.05, 3.63) is 80.9 Å². The lowest BCUT2D eigenvalue weighted by Gasteiger charge is -2.34. The third-order valence-electron chi connectivity index (χ3n) is 19.9. The summed E-state index contributed by atoms with van der Waals surface area (Å²) >= 11 is 16.1. The minimum Gasteiger partial charge on any atom is -0.489 e. The van der Waals surface area contributed by atoms with E-state index in [0.717, 1.165) is 47.5 Å². The van der Waals surface area contributed by atoms with E-state index in [9.17, 15) is 32.1 Å². The third kappa shape index (κ3) is 10.3. The Morgan fingerprint density at radius 3 is 2.04 bits per heavy atom. The number of hydrogen-bond acceptors (Lipinski definition) is 20. The second-order valence-corrected chi connectivity index (χ2v) is 30.4. The summed E-state index contributed by atoms with van der Waals surface area (Å²) in [7, 11) is -3.64. The molecule has 0 radical (unpaired) electrons. The number of aromatic nitrogens is 4. The number of nitriles is 2. The van der Waals surface area contributed by atoms with Gasteiger partial charge in [0, 0.05) is 67.0 Å². The van der Waals surface area contributed by atoms with E-state index >= 15 is 22.0 Å². The average molecular weight is 1420 g/mol. The van der Waals surface area contributed by atoms with Crippen LogP contribution in [0.4, 0.5) is 56.8 Å². The van der Waals surface area contributed by atoms with Gasteiger partial charge in [-0.25, -0.2) is 47.8 Å². The van der Waals surface area contributed by atoms with Gasteiger partial charge in [-0.3, -0.25) is 9.80 Å². The minimum absolute atomic E-state index is 0.00963. The smallest absolute Gasteiger partial charge is 0.319 e. The SMILES string of the molecule is C=C(C)[C@@H]1COc2c(Cl)c(-c3ccc(F)c4sc(NC5CC[C@@]6(COc7nc8c9c(c(Cl)c(-c%10ccc(F)c%11sc(N)c(C#N)c%10%11)c(F)c9n7)OCCN8C7CCN(S(C)(=O)=O)C7)C[C@@H](F)CN56)c(C#N)c34)c(F)c3nc(OC[C@@]45CCCN4C[C@H](F)C5)nc(c23)N1CC(F)F. The maximum atomic E-state index is 18.2. The number of fused-ring (bicyclic) bond motifs is 4. The molecule has 3 N–H and O–H groups in total. The Morgan fingerprint density at radius 2 is 1.41 bits per heavy atom. The quantitative estimate of drug-likeness (QED) is 0.0719. The highest BCUT2D eigenvalue weighted by Gasteiger charge is 2.55. The van der Waals surface area contributed by atoms with E-state index < -0.39 is 99.5 Å². The van der Waals surface area contributed by atoms with Crippen molar-refractivity contribution in [3.63, 3.8) is 0 Å². The molecular formula is C64H57Cl2F8N13O6S3. The van der Waals surface area contributed by atoms with Crippen molar-refractivity contribution in [2.75, 3.05) is 99.3 Å².